The maximum atomic E-state index is 12.2. The van der Waals surface area contributed by atoms with Gasteiger partial charge >= 0.3 is 0 Å². The SMILES string of the molecule is CCNc1ccc(C(=O)N(CC)C2CC2)cc1. The van der Waals surface area contributed by atoms with Crippen LogP contribution in [-0.2, 0) is 0 Å². The van der Waals surface area contributed by atoms with E-state index in [0.717, 1.165) is 37.2 Å². The summed E-state index contributed by atoms with van der Waals surface area (Å²) in [7, 11) is 0. The van der Waals surface area contributed by atoms with E-state index in [-0.39, 0.29) is 5.91 Å². The second kappa shape index (κ2) is 5.21. The van der Waals surface area contributed by atoms with Crippen LogP contribution in [0.3, 0.4) is 0 Å². The molecule has 1 aliphatic rings. The fourth-order valence-electron chi connectivity index (χ4n) is 2.05. The van der Waals surface area contributed by atoms with Gasteiger partial charge in [0.1, 0.15) is 0 Å². The third kappa shape index (κ3) is 2.78. The molecule has 0 bridgehead atoms. The first-order valence-corrected chi connectivity index (χ1v) is 6.41. The van der Waals surface area contributed by atoms with Gasteiger partial charge in [-0.15, -0.1) is 0 Å². The number of nitrogens with one attached hydrogen (secondary N) is 1. The van der Waals surface area contributed by atoms with Crippen molar-refractivity contribution in [2.45, 2.75) is 32.7 Å². The molecule has 0 heterocycles. The number of benzene rings is 1. The lowest BCUT2D eigenvalue weighted by Crippen LogP contribution is -2.32. The highest BCUT2D eigenvalue weighted by molar-refractivity contribution is 5.95. The first-order valence-electron chi connectivity index (χ1n) is 6.41. The highest BCUT2D eigenvalue weighted by atomic mass is 16.2. The van der Waals surface area contributed by atoms with Crippen molar-refractivity contribution < 1.29 is 4.79 Å². The van der Waals surface area contributed by atoms with Crippen molar-refractivity contribution in [3.63, 3.8) is 0 Å². The molecule has 0 aliphatic heterocycles. The third-order valence-electron chi connectivity index (χ3n) is 3.10. The molecule has 0 atom stereocenters. The number of hydrogen-bond acceptors (Lipinski definition) is 2. The standard InChI is InChI=1S/C14H20N2O/c1-3-15-12-7-5-11(6-8-12)14(17)16(4-2)13-9-10-13/h5-8,13,15H,3-4,9-10H2,1-2H3. The summed E-state index contributed by atoms with van der Waals surface area (Å²) in [5.74, 6) is 0.165. The van der Waals surface area contributed by atoms with Gasteiger partial charge in [0.25, 0.3) is 5.91 Å². The van der Waals surface area contributed by atoms with E-state index in [2.05, 4.69) is 12.2 Å². The van der Waals surface area contributed by atoms with Crippen LogP contribution in [-0.4, -0.2) is 29.9 Å². The summed E-state index contributed by atoms with van der Waals surface area (Å²) in [4.78, 5) is 14.2. The van der Waals surface area contributed by atoms with Gasteiger partial charge in [0.05, 0.1) is 0 Å². The quantitative estimate of drug-likeness (QED) is 0.846. The first kappa shape index (κ1) is 12.0. The molecule has 92 valence electrons. The maximum absolute atomic E-state index is 12.2. The van der Waals surface area contributed by atoms with Crippen LogP contribution in [0.25, 0.3) is 0 Å². The zero-order valence-corrected chi connectivity index (χ0v) is 10.6. The minimum absolute atomic E-state index is 0.165. The zero-order chi connectivity index (χ0) is 12.3. The predicted octanol–water partition coefficient (Wildman–Crippen LogP) is 2.74. The average Bonchev–Trinajstić information content (AvgIpc) is 3.16. The van der Waals surface area contributed by atoms with Gasteiger partial charge in [-0.05, 0) is 51.0 Å². The van der Waals surface area contributed by atoms with Gasteiger partial charge in [-0.25, -0.2) is 0 Å². The molecule has 1 amide bonds. The summed E-state index contributed by atoms with van der Waals surface area (Å²) in [5.41, 5.74) is 1.86. The number of carbonyl (C=O) groups excluding carboxylic acids is 1. The molecule has 0 aromatic heterocycles. The Morgan fingerprint density at radius 2 is 1.94 bits per heavy atom. The molecule has 1 aliphatic carbocycles. The molecular weight excluding hydrogens is 212 g/mol. The van der Waals surface area contributed by atoms with Crippen molar-refractivity contribution in [2.75, 3.05) is 18.4 Å². The maximum Gasteiger partial charge on any atom is 0.254 e. The Bertz CT molecular complexity index is 382. The normalized spacial score (nSPS) is 14.5. The molecule has 0 spiro atoms. The largest absolute Gasteiger partial charge is 0.385 e. The third-order valence-corrected chi connectivity index (χ3v) is 3.10. The number of rotatable bonds is 5. The number of nitrogens with zero attached hydrogens (tertiary/aromatic N) is 1. The number of hydrogen-bond donors (Lipinski definition) is 1. The van der Waals surface area contributed by atoms with Crippen LogP contribution in [0.2, 0.25) is 0 Å². The lowest BCUT2D eigenvalue weighted by molar-refractivity contribution is 0.0752. The fraction of sp³-hybridized carbons (Fsp3) is 0.500. The monoisotopic (exact) mass is 232 g/mol. The molecule has 3 nitrogen and oxygen atoms in total. The van der Waals surface area contributed by atoms with Crippen molar-refractivity contribution in [1.82, 2.24) is 4.90 Å². The van der Waals surface area contributed by atoms with E-state index in [1.54, 1.807) is 0 Å². The molecule has 1 N–H and O–H groups in total. The second-order valence-electron chi connectivity index (χ2n) is 4.43. The Balaban J connectivity index is 2.07. The molecule has 1 fully saturated rings. The summed E-state index contributed by atoms with van der Waals surface area (Å²) < 4.78 is 0. The summed E-state index contributed by atoms with van der Waals surface area (Å²) >= 11 is 0. The minimum Gasteiger partial charge on any atom is -0.385 e. The highest BCUT2D eigenvalue weighted by Crippen LogP contribution is 2.28. The minimum atomic E-state index is 0.165. The van der Waals surface area contributed by atoms with Gasteiger partial charge in [0.15, 0.2) is 0 Å². The molecule has 0 radical (unpaired) electrons. The van der Waals surface area contributed by atoms with Crippen LogP contribution >= 0.6 is 0 Å². The van der Waals surface area contributed by atoms with Crippen LogP contribution in [0, 0.1) is 0 Å². The Hall–Kier alpha value is -1.51. The molecule has 0 saturated heterocycles. The summed E-state index contributed by atoms with van der Waals surface area (Å²) in [6.07, 6.45) is 2.32. The molecule has 0 unspecified atom stereocenters. The van der Waals surface area contributed by atoms with Gasteiger partial charge in [0, 0.05) is 30.4 Å². The van der Waals surface area contributed by atoms with Crippen LogP contribution in [0.15, 0.2) is 24.3 Å². The van der Waals surface area contributed by atoms with Gasteiger partial charge in [-0.3, -0.25) is 4.79 Å². The van der Waals surface area contributed by atoms with Gasteiger partial charge in [-0.1, -0.05) is 0 Å². The van der Waals surface area contributed by atoms with Gasteiger partial charge in [0.2, 0.25) is 0 Å². The van der Waals surface area contributed by atoms with E-state index in [0.29, 0.717) is 6.04 Å². The zero-order valence-electron chi connectivity index (χ0n) is 10.6. The Labute approximate surface area is 103 Å². The number of carbonyl (C=O) groups is 1. The molecule has 17 heavy (non-hydrogen) atoms. The summed E-state index contributed by atoms with van der Waals surface area (Å²) in [5, 5.41) is 3.23. The van der Waals surface area contributed by atoms with E-state index in [1.165, 1.54) is 0 Å². The molecular formula is C14H20N2O. The Kier molecular flexibility index (Phi) is 3.67. The summed E-state index contributed by atoms with van der Waals surface area (Å²) in [6, 6.07) is 8.24. The highest BCUT2D eigenvalue weighted by Gasteiger charge is 2.31. The van der Waals surface area contributed by atoms with E-state index >= 15 is 0 Å². The average molecular weight is 232 g/mol. The Morgan fingerprint density at radius 1 is 1.29 bits per heavy atom. The predicted molar refractivity (Wildman–Crippen MR) is 70.3 cm³/mol. The molecule has 1 aromatic carbocycles. The number of anilines is 1. The smallest absolute Gasteiger partial charge is 0.254 e. The topological polar surface area (TPSA) is 32.3 Å². The van der Waals surface area contributed by atoms with E-state index < -0.39 is 0 Å². The molecule has 3 heteroatoms. The van der Waals surface area contributed by atoms with Crippen LogP contribution < -0.4 is 5.32 Å². The lowest BCUT2D eigenvalue weighted by atomic mass is 10.1. The van der Waals surface area contributed by atoms with E-state index in [4.69, 9.17) is 0 Å². The number of amides is 1. The first-order chi connectivity index (χ1) is 8.26. The molecule has 1 aromatic rings. The second-order valence-corrected chi connectivity index (χ2v) is 4.43. The van der Waals surface area contributed by atoms with Crippen molar-refractivity contribution in [3.05, 3.63) is 29.8 Å². The van der Waals surface area contributed by atoms with E-state index in [9.17, 15) is 4.79 Å². The van der Waals surface area contributed by atoms with Crippen LogP contribution in [0.5, 0.6) is 0 Å². The Morgan fingerprint density at radius 3 is 2.41 bits per heavy atom. The van der Waals surface area contributed by atoms with Gasteiger partial charge < -0.3 is 10.2 Å². The van der Waals surface area contributed by atoms with Crippen molar-refractivity contribution in [1.29, 1.82) is 0 Å². The van der Waals surface area contributed by atoms with Crippen LogP contribution in [0.4, 0.5) is 5.69 Å². The lowest BCUT2D eigenvalue weighted by Gasteiger charge is -2.20. The van der Waals surface area contributed by atoms with Crippen molar-refractivity contribution >= 4 is 11.6 Å². The fourth-order valence-corrected chi connectivity index (χ4v) is 2.05. The summed E-state index contributed by atoms with van der Waals surface area (Å²) in [6.45, 7) is 5.81. The van der Waals surface area contributed by atoms with Crippen molar-refractivity contribution in [3.8, 4) is 0 Å². The molecule has 2 rings (SSSR count). The molecule has 1 saturated carbocycles. The van der Waals surface area contributed by atoms with Crippen molar-refractivity contribution in [2.24, 2.45) is 0 Å². The van der Waals surface area contributed by atoms with E-state index in [1.807, 2.05) is 36.1 Å². The van der Waals surface area contributed by atoms with Gasteiger partial charge in [-0.2, -0.15) is 0 Å². The van der Waals surface area contributed by atoms with Crippen LogP contribution in [0.1, 0.15) is 37.0 Å².